The van der Waals surface area contributed by atoms with Crippen molar-refractivity contribution in [2.75, 3.05) is 11.9 Å². The van der Waals surface area contributed by atoms with Gasteiger partial charge < -0.3 is 15.2 Å². The van der Waals surface area contributed by atoms with E-state index in [1.54, 1.807) is 0 Å². The van der Waals surface area contributed by atoms with Crippen LogP contribution in [0.2, 0.25) is 0 Å². The number of nitrogens with one attached hydrogen (secondary N) is 1. The Morgan fingerprint density at radius 2 is 2.45 bits per heavy atom. The molecule has 1 aliphatic rings. The average Bonchev–Trinajstić information content (AvgIpc) is 3.04. The van der Waals surface area contributed by atoms with Gasteiger partial charge in [-0.3, -0.25) is 4.79 Å². The van der Waals surface area contributed by atoms with Crippen LogP contribution in [0.1, 0.15) is 24.6 Å². The van der Waals surface area contributed by atoms with Gasteiger partial charge in [-0.25, -0.2) is 9.78 Å². The summed E-state index contributed by atoms with van der Waals surface area (Å²) in [5.74, 6) is -1.24. The third kappa shape index (κ3) is 3.64. The Balaban J connectivity index is 1.96. The number of aromatic nitrogens is 1. The van der Waals surface area contributed by atoms with Gasteiger partial charge in [0, 0.05) is 23.8 Å². The Kier molecular flexibility index (Phi) is 4.86. The fraction of sp³-hybridized carbons (Fsp3) is 0.462. The molecule has 1 aromatic rings. The molecule has 0 saturated carbocycles. The van der Waals surface area contributed by atoms with Crippen molar-refractivity contribution in [3.8, 4) is 0 Å². The van der Waals surface area contributed by atoms with Crippen LogP contribution in [0, 0.1) is 5.92 Å². The van der Waals surface area contributed by atoms with E-state index >= 15 is 0 Å². The van der Waals surface area contributed by atoms with Gasteiger partial charge in [0.15, 0.2) is 5.13 Å². The van der Waals surface area contributed by atoms with Crippen molar-refractivity contribution in [1.29, 1.82) is 0 Å². The lowest BCUT2D eigenvalue weighted by atomic mass is 9.99. The van der Waals surface area contributed by atoms with E-state index in [4.69, 9.17) is 9.84 Å². The Bertz CT molecular complexity index is 526. The third-order valence-corrected chi connectivity index (χ3v) is 3.97. The highest BCUT2D eigenvalue weighted by Crippen LogP contribution is 2.26. The molecule has 1 aliphatic heterocycles. The minimum absolute atomic E-state index is 0.0265. The largest absolute Gasteiger partial charge is 0.478 e. The number of anilines is 1. The average molecular weight is 296 g/mol. The van der Waals surface area contributed by atoms with Crippen molar-refractivity contribution in [3.63, 3.8) is 0 Å². The summed E-state index contributed by atoms with van der Waals surface area (Å²) >= 11 is 1.24. The van der Waals surface area contributed by atoms with Crippen LogP contribution in [-0.4, -0.2) is 34.7 Å². The summed E-state index contributed by atoms with van der Waals surface area (Å²) < 4.78 is 5.49. The molecule has 1 amide bonds. The monoisotopic (exact) mass is 296 g/mol. The molecular formula is C13H16N2O4S. The maximum atomic E-state index is 12.1. The number of carbonyl (C=O) groups excluding carboxylic acids is 1. The molecular weight excluding hydrogens is 280 g/mol. The number of amides is 1. The number of hydrogen-bond donors (Lipinski definition) is 2. The molecule has 0 aromatic carbocycles. The van der Waals surface area contributed by atoms with Gasteiger partial charge in [0.05, 0.1) is 12.0 Å². The van der Waals surface area contributed by atoms with Crippen molar-refractivity contribution in [1.82, 2.24) is 4.98 Å². The molecule has 2 N–H and O–H groups in total. The summed E-state index contributed by atoms with van der Waals surface area (Å²) in [6.45, 7) is 2.61. The molecule has 1 saturated heterocycles. The van der Waals surface area contributed by atoms with Gasteiger partial charge in [0.25, 0.3) is 0 Å². The third-order valence-electron chi connectivity index (χ3n) is 3.09. The molecule has 7 heteroatoms. The van der Waals surface area contributed by atoms with Crippen molar-refractivity contribution < 1.29 is 19.4 Å². The molecule has 0 radical (unpaired) electrons. The van der Waals surface area contributed by atoms with E-state index in [-0.39, 0.29) is 17.9 Å². The molecule has 2 unspecified atom stereocenters. The molecule has 2 heterocycles. The van der Waals surface area contributed by atoms with Crippen LogP contribution < -0.4 is 5.32 Å². The first-order chi connectivity index (χ1) is 9.60. The summed E-state index contributed by atoms with van der Waals surface area (Å²) in [6, 6.07) is 0. The van der Waals surface area contributed by atoms with Gasteiger partial charge in [0.1, 0.15) is 0 Å². The standard InChI is InChI=1S/C13H16N2O4S/c1-2-10-9(5-6-19-10)12(18)15-13-14-7-8(20-13)3-4-11(16)17/h3-4,7,9-10H,2,5-6H2,1H3,(H,16,17)(H,14,15,18)/b4-3+. The smallest absolute Gasteiger partial charge is 0.328 e. The van der Waals surface area contributed by atoms with E-state index in [9.17, 15) is 9.59 Å². The van der Waals surface area contributed by atoms with Crippen molar-refractivity contribution >= 4 is 34.4 Å². The van der Waals surface area contributed by atoms with E-state index < -0.39 is 5.97 Å². The topological polar surface area (TPSA) is 88.5 Å². The van der Waals surface area contributed by atoms with Crippen LogP contribution in [0.3, 0.4) is 0 Å². The molecule has 0 aliphatic carbocycles. The van der Waals surface area contributed by atoms with E-state index in [2.05, 4.69) is 10.3 Å². The molecule has 1 fully saturated rings. The van der Waals surface area contributed by atoms with Crippen molar-refractivity contribution in [2.45, 2.75) is 25.9 Å². The second-order valence-electron chi connectivity index (χ2n) is 4.44. The molecule has 2 rings (SSSR count). The van der Waals surface area contributed by atoms with Crippen molar-refractivity contribution in [2.24, 2.45) is 5.92 Å². The number of aliphatic carboxylic acids is 1. The first kappa shape index (κ1) is 14.7. The number of hydrogen-bond acceptors (Lipinski definition) is 5. The molecule has 20 heavy (non-hydrogen) atoms. The molecule has 0 spiro atoms. The second-order valence-corrected chi connectivity index (χ2v) is 5.50. The number of carbonyl (C=O) groups is 2. The lowest BCUT2D eigenvalue weighted by molar-refractivity contribution is -0.131. The van der Waals surface area contributed by atoms with Gasteiger partial charge in [-0.2, -0.15) is 0 Å². The zero-order valence-electron chi connectivity index (χ0n) is 11.0. The summed E-state index contributed by atoms with van der Waals surface area (Å²) in [5.41, 5.74) is 0. The van der Waals surface area contributed by atoms with Crippen LogP contribution in [0.5, 0.6) is 0 Å². The molecule has 2 atom stereocenters. The van der Waals surface area contributed by atoms with Gasteiger partial charge in [-0.1, -0.05) is 18.3 Å². The molecule has 6 nitrogen and oxygen atoms in total. The molecule has 0 bridgehead atoms. The van der Waals surface area contributed by atoms with E-state index in [1.165, 1.54) is 23.6 Å². The minimum Gasteiger partial charge on any atom is -0.478 e. The minimum atomic E-state index is -1.02. The number of carboxylic acids is 1. The Morgan fingerprint density at radius 3 is 3.15 bits per heavy atom. The Hall–Kier alpha value is -1.73. The van der Waals surface area contributed by atoms with Gasteiger partial charge >= 0.3 is 5.97 Å². The zero-order chi connectivity index (χ0) is 14.5. The van der Waals surface area contributed by atoms with E-state index in [0.29, 0.717) is 16.6 Å². The first-order valence-corrected chi connectivity index (χ1v) is 7.21. The highest BCUT2D eigenvalue weighted by Gasteiger charge is 2.33. The SMILES string of the molecule is CCC1OCCC1C(=O)Nc1ncc(/C=C/C(=O)O)s1. The van der Waals surface area contributed by atoms with Gasteiger partial charge in [-0.15, -0.1) is 0 Å². The number of nitrogens with zero attached hydrogens (tertiary/aromatic N) is 1. The van der Waals surface area contributed by atoms with Crippen LogP contribution in [0.25, 0.3) is 6.08 Å². The van der Waals surface area contributed by atoms with Gasteiger partial charge in [0.2, 0.25) is 5.91 Å². The van der Waals surface area contributed by atoms with E-state index in [1.807, 2.05) is 6.92 Å². The first-order valence-electron chi connectivity index (χ1n) is 6.39. The second kappa shape index (κ2) is 6.62. The number of ether oxygens (including phenoxy) is 1. The Labute approximate surface area is 120 Å². The summed E-state index contributed by atoms with van der Waals surface area (Å²) in [4.78, 5) is 27.3. The zero-order valence-corrected chi connectivity index (χ0v) is 11.9. The fourth-order valence-corrected chi connectivity index (χ4v) is 2.85. The highest BCUT2D eigenvalue weighted by molar-refractivity contribution is 7.16. The lowest BCUT2D eigenvalue weighted by Gasteiger charge is -2.15. The van der Waals surface area contributed by atoms with Crippen LogP contribution >= 0.6 is 11.3 Å². The summed E-state index contributed by atoms with van der Waals surface area (Å²) in [5, 5.41) is 11.8. The maximum Gasteiger partial charge on any atom is 0.328 e. The highest BCUT2D eigenvalue weighted by atomic mass is 32.1. The number of thiazole rings is 1. The fourth-order valence-electron chi connectivity index (χ4n) is 2.12. The molecule has 1 aromatic heterocycles. The van der Waals surface area contributed by atoms with Gasteiger partial charge in [-0.05, 0) is 18.9 Å². The van der Waals surface area contributed by atoms with Crippen molar-refractivity contribution in [3.05, 3.63) is 17.2 Å². The molecule has 108 valence electrons. The summed E-state index contributed by atoms with van der Waals surface area (Å²) in [6.07, 6.45) is 5.52. The van der Waals surface area contributed by atoms with Crippen LogP contribution in [0.4, 0.5) is 5.13 Å². The number of carboxylic acid groups (broad SMARTS) is 1. The summed E-state index contributed by atoms with van der Waals surface area (Å²) in [7, 11) is 0. The van der Waals surface area contributed by atoms with E-state index in [0.717, 1.165) is 18.9 Å². The normalized spacial score (nSPS) is 22.2. The predicted octanol–water partition coefficient (Wildman–Crippen LogP) is 1.99. The Morgan fingerprint density at radius 1 is 1.65 bits per heavy atom. The van der Waals surface area contributed by atoms with Crippen LogP contribution in [0.15, 0.2) is 12.3 Å². The van der Waals surface area contributed by atoms with Crippen LogP contribution in [-0.2, 0) is 14.3 Å². The number of rotatable bonds is 5. The lowest BCUT2D eigenvalue weighted by Crippen LogP contribution is -2.29. The maximum absolute atomic E-state index is 12.1. The predicted molar refractivity (Wildman–Crippen MR) is 75.6 cm³/mol. The quantitative estimate of drug-likeness (QED) is 0.811.